The topological polar surface area (TPSA) is 51.7 Å². The van der Waals surface area contributed by atoms with Crippen molar-refractivity contribution in [2.75, 3.05) is 13.2 Å². The van der Waals surface area contributed by atoms with Gasteiger partial charge in [-0.1, -0.05) is 6.07 Å². The zero-order chi connectivity index (χ0) is 15.3. The van der Waals surface area contributed by atoms with Crippen molar-refractivity contribution in [1.82, 2.24) is 9.88 Å². The molecule has 0 radical (unpaired) electrons. The second kappa shape index (κ2) is 6.89. The minimum atomic E-state index is -0.458. The highest BCUT2D eigenvalue weighted by Crippen LogP contribution is 2.21. The van der Waals surface area contributed by atoms with Crippen LogP contribution in [0.3, 0.4) is 0 Å². The first kappa shape index (κ1) is 15.8. The van der Waals surface area contributed by atoms with E-state index in [0.29, 0.717) is 13.2 Å². The fourth-order valence-electron chi connectivity index (χ4n) is 2.37. The highest BCUT2D eigenvalue weighted by Gasteiger charge is 2.32. The van der Waals surface area contributed by atoms with Crippen molar-refractivity contribution >= 4 is 6.09 Å². The molecule has 2 heterocycles. The molecule has 5 nitrogen and oxygen atoms in total. The summed E-state index contributed by atoms with van der Waals surface area (Å²) in [4.78, 5) is 18.0. The van der Waals surface area contributed by atoms with Crippen LogP contribution in [-0.2, 0) is 16.1 Å². The average molecular weight is 292 g/mol. The van der Waals surface area contributed by atoms with Crippen LogP contribution in [0.15, 0.2) is 24.5 Å². The van der Waals surface area contributed by atoms with Crippen LogP contribution in [0.25, 0.3) is 0 Å². The number of ether oxygens (including phenoxy) is 2. The van der Waals surface area contributed by atoms with Crippen LogP contribution < -0.4 is 0 Å². The number of hydrogen-bond donors (Lipinski definition) is 0. The molecular formula is C16H24N2O3. The molecule has 0 aliphatic carbocycles. The van der Waals surface area contributed by atoms with Gasteiger partial charge in [-0.05, 0) is 45.2 Å². The lowest BCUT2D eigenvalue weighted by Crippen LogP contribution is -2.41. The van der Waals surface area contributed by atoms with Crippen molar-refractivity contribution in [1.29, 1.82) is 0 Å². The molecule has 0 unspecified atom stereocenters. The average Bonchev–Trinajstić information content (AvgIpc) is 2.86. The zero-order valence-corrected chi connectivity index (χ0v) is 13.0. The minimum Gasteiger partial charge on any atom is -0.444 e. The Morgan fingerprint density at radius 3 is 2.95 bits per heavy atom. The second-order valence-corrected chi connectivity index (χ2v) is 6.35. The molecule has 1 fully saturated rings. The van der Waals surface area contributed by atoms with E-state index in [2.05, 4.69) is 4.98 Å². The van der Waals surface area contributed by atoms with E-state index < -0.39 is 5.60 Å². The van der Waals surface area contributed by atoms with Gasteiger partial charge in [-0.2, -0.15) is 0 Å². The number of hydrogen-bond acceptors (Lipinski definition) is 4. The van der Waals surface area contributed by atoms with E-state index in [1.807, 2.05) is 32.9 Å². The number of rotatable bonds is 4. The third-order valence-electron chi connectivity index (χ3n) is 3.31. The van der Waals surface area contributed by atoms with Crippen molar-refractivity contribution in [2.45, 2.75) is 51.9 Å². The molecule has 1 saturated heterocycles. The summed E-state index contributed by atoms with van der Waals surface area (Å²) in [6.07, 6.45) is 5.26. The van der Waals surface area contributed by atoms with Gasteiger partial charge in [0.25, 0.3) is 0 Å². The van der Waals surface area contributed by atoms with Gasteiger partial charge >= 0.3 is 6.09 Å². The van der Waals surface area contributed by atoms with E-state index in [4.69, 9.17) is 9.47 Å². The third kappa shape index (κ3) is 5.01. The summed E-state index contributed by atoms with van der Waals surface area (Å²) < 4.78 is 11.2. The lowest BCUT2D eigenvalue weighted by Gasteiger charge is -2.28. The molecule has 1 aromatic heterocycles. The van der Waals surface area contributed by atoms with Gasteiger partial charge in [-0.3, -0.25) is 4.98 Å². The van der Waals surface area contributed by atoms with Crippen LogP contribution in [0.4, 0.5) is 4.79 Å². The number of nitrogens with zero attached hydrogens (tertiary/aromatic N) is 2. The van der Waals surface area contributed by atoms with Crippen LogP contribution in [-0.4, -0.2) is 40.8 Å². The first-order chi connectivity index (χ1) is 9.96. The Kier molecular flexibility index (Phi) is 5.17. The molecular weight excluding hydrogens is 268 g/mol. The van der Waals surface area contributed by atoms with E-state index >= 15 is 0 Å². The van der Waals surface area contributed by atoms with Crippen LogP contribution in [0, 0.1) is 0 Å². The van der Waals surface area contributed by atoms with Gasteiger partial charge in [0, 0.05) is 18.9 Å². The molecule has 116 valence electrons. The maximum absolute atomic E-state index is 12.1. The van der Waals surface area contributed by atoms with Crippen molar-refractivity contribution < 1.29 is 14.3 Å². The summed E-state index contributed by atoms with van der Waals surface area (Å²) in [6.45, 7) is 7.45. The maximum Gasteiger partial charge on any atom is 0.410 e. The molecule has 21 heavy (non-hydrogen) atoms. The minimum absolute atomic E-state index is 0.108. The highest BCUT2D eigenvalue weighted by molar-refractivity contribution is 5.68. The molecule has 1 atom stereocenters. The molecule has 1 amide bonds. The summed E-state index contributed by atoms with van der Waals surface area (Å²) in [6, 6.07) is 3.98. The van der Waals surface area contributed by atoms with E-state index in [1.165, 1.54) is 0 Å². The van der Waals surface area contributed by atoms with Crippen LogP contribution in [0.2, 0.25) is 0 Å². The van der Waals surface area contributed by atoms with Gasteiger partial charge < -0.3 is 14.4 Å². The number of amides is 1. The number of carbonyl (C=O) groups is 1. The Balaban J connectivity index is 1.80. The van der Waals surface area contributed by atoms with E-state index in [1.54, 1.807) is 17.3 Å². The molecule has 0 spiro atoms. The van der Waals surface area contributed by atoms with Crippen molar-refractivity contribution in [3.8, 4) is 0 Å². The second-order valence-electron chi connectivity index (χ2n) is 6.35. The molecule has 0 aromatic carbocycles. The van der Waals surface area contributed by atoms with Crippen molar-refractivity contribution in [3.63, 3.8) is 0 Å². The predicted molar refractivity (Wildman–Crippen MR) is 79.9 cm³/mol. The fraction of sp³-hybridized carbons (Fsp3) is 0.625. The zero-order valence-electron chi connectivity index (χ0n) is 13.0. The van der Waals surface area contributed by atoms with Gasteiger partial charge in [-0.25, -0.2) is 4.79 Å². The van der Waals surface area contributed by atoms with Crippen LogP contribution in [0.1, 0.15) is 39.2 Å². The molecule has 1 aliphatic rings. The number of pyridine rings is 1. The van der Waals surface area contributed by atoms with E-state index in [-0.39, 0.29) is 12.1 Å². The monoisotopic (exact) mass is 292 g/mol. The summed E-state index contributed by atoms with van der Waals surface area (Å²) in [7, 11) is 0. The van der Waals surface area contributed by atoms with Crippen LogP contribution in [0.5, 0.6) is 0 Å². The molecule has 1 aliphatic heterocycles. The molecule has 0 saturated carbocycles. The van der Waals surface area contributed by atoms with Gasteiger partial charge in [-0.15, -0.1) is 0 Å². The first-order valence-corrected chi connectivity index (χ1v) is 7.42. The molecule has 0 N–H and O–H groups in total. The number of carbonyl (C=O) groups excluding carboxylic acids is 1. The van der Waals surface area contributed by atoms with Gasteiger partial charge in [0.15, 0.2) is 0 Å². The summed E-state index contributed by atoms with van der Waals surface area (Å²) in [5, 5.41) is 0. The normalized spacial score (nSPS) is 18.8. The summed E-state index contributed by atoms with van der Waals surface area (Å²) in [5.41, 5.74) is 0.583. The number of likely N-dealkylation sites (tertiary alicyclic amines) is 1. The van der Waals surface area contributed by atoms with Gasteiger partial charge in [0.2, 0.25) is 0 Å². The fourth-order valence-corrected chi connectivity index (χ4v) is 2.37. The lowest BCUT2D eigenvalue weighted by molar-refractivity contribution is 0.00881. The SMILES string of the molecule is CC(C)(C)OC(=O)N1CCC[C@@H]1COCc1cccnc1. The molecule has 2 rings (SSSR count). The van der Waals surface area contributed by atoms with Crippen molar-refractivity contribution in [2.24, 2.45) is 0 Å². The first-order valence-electron chi connectivity index (χ1n) is 7.42. The Bertz CT molecular complexity index is 456. The third-order valence-corrected chi connectivity index (χ3v) is 3.31. The van der Waals surface area contributed by atoms with E-state index in [0.717, 1.165) is 24.9 Å². The number of aromatic nitrogens is 1. The Hall–Kier alpha value is -1.62. The maximum atomic E-state index is 12.1. The summed E-state index contributed by atoms with van der Waals surface area (Å²) in [5.74, 6) is 0. The van der Waals surface area contributed by atoms with Gasteiger partial charge in [0.05, 0.1) is 19.3 Å². The Morgan fingerprint density at radius 1 is 1.48 bits per heavy atom. The smallest absolute Gasteiger partial charge is 0.410 e. The standard InChI is InChI=1S/C16H24N2O3/c1-16(2,3)21-15(19)18-9-5-7-14(18)12-20-11-13-6-4-8-17-10-13/h4,6,8,10,14H,5,7,9,11-12H2,1-3H3/t14-/m1/s1. The highest BCUT2D eigenvalue weighted by atomic mass is 16.6. The van der Waals surface area contributed by atoms with E-state index in [9.17, 15) is 4.79 Å². The van der Waals surface area contributed by atoms with Gasteiger partial charge in [0.1, 0.15) is 5.60 Å². The predicted octanol–water partition coefficient (Wildman–Crippen LogP) is 3.00. The molecule has 0 bridgehead atoms. The largest absolute Gasteiger partial charge is 0.444 e. The Morgan fingerprint density at radius 2 is 2.29 bits per heavy atom. The summed E-state index contributed by atoms with van der Waals surface area (Å²) >= 11 is 0. The molecule has 1 aromatic rings. The Labute approximate surface area is 126 Å². The lowest BCUT2D eigenvalue weighted by atomic mass is 10.2. The van der Waals surface area contributed by atoms with Crippen LogP contribution >= 0.6 is 0 Å². The molecule has 5 heteroatoms. The van der Waals surface area contributed by atoms with Crippen molar-refractivity contribution in [3.05, 3.63) is 30.1 Å². The quantitative estimate of drug-likeness (QED) is 0.856.